The summed E-state index contributed by atoms with van der Waals surface area (Å²) in [5.74, 6) is 0. The van der Waals surface area contributed by atoms with Gasteiger partial charge in [0.15, 0.2) is 0 Å². The fourth-order valence-electron chi connectivity index (χ4n) is 2.64. The third-order valence-electron chi connectivity index (χ3n) is 3.87. The highest BCUT2D eigenvalue weighted by atomic mass is 79.9. The summed E-state index contributed by atoms with van der Waals surface area (Å²) in [6.07, 6.45) is 2.12. The van der Waals surface area contributed by atoms with Crippen molar-refractivity contribution in [1.29, 1.82) is 0 Å². The van der Waals surface area contributed by atoms with E-state index in [9.17, 15) is 0 Å². The third kappa shape index (κ3) is 3.38. The highest BCUT2D eigenvalue weighted by Gasteiger charge is 2.36. The van der Waals surface area contributed by atoms with E-state index in [1.165, 1.54) is 5.69 Å². The van der Waals surface area contributed by atoms with Crippen LogP contribution in [0.25, 0.3) is 0 Å². The first-order valence-corrected chi connectivity index (χ1v) is 7.72. The summed E-state index contributed by atoms with van der Waals surface area (Å²) in [5, 5.41) is 8.06. The maximum Gasteiger partial charge on any atom is 0.0738 e. The molecule has 0 aromatic carbocycles. The van der Waals surface area contributed by atoms with Crippen molar-refractivity contribution in [3.63, 3.8) is 0 Å². The van der Waals surface area contributed by atoms with Crippen LogP contribution in [0.4, 0.5) is 0 Å². The van der Waals surface area contributed by atoms with E-state index >= 15 is 0 Å². The summed E-state index contributed by atoms with van der Waals surface area (Å²) in [7, 11) is 2.02. The van der Waals surface area contributed by atoms with Gasteiger partial charge in [0.05, 0.1) is 22.5 Å². The first-order chi connectivity index (χ1) is 8.93. The second-order valence-electron chi connectivity index (χ2n) is 5.98. The lowest BCUT2D eigenvalue weighted by atomic mass is 9.82. The van der Waals surface area contributed by atoms with Crippen molar-refractivity contribution < 1.29 is 4.74 Å². The van der Waals surface area contributed by atoms with E-state index in [0.29, 0.717) is 6.04 Å². The molecule has 1 aliphatic heterocycles. The fraction of sp³-hybridized carbons (Fsp3) is 0.786. The molecule has 2 rings (SSSR count). The molecule has 1 aromatic rings. The van der Waals surface area contributed by atoms with Gasteiger partial charge in [-0.25, -0.2) is 0 Å². The molecule has 1 aromatic heterocycles. The predicted octanol–water partition coefficient (Wildman–Crippen LogP) is 2.44. The normalized spacial score (nSPS) is 23.5. The van der Waals surface area contributed by atoms with Gasteiger partial charge in [0, 0.05) is 31.7 Å². The Morgan fingerprint density at radius 3 is 2.74 bits per heavy atom. The number of nitrogens with one attached hydrogen (secondary N) is 1. The minimum atomic E-state index is 0.201. The molecule has 108 valence electrons. The van der Waals surface area contributed by atoms with Crippen molar-refractivity contribution in [3.05, 3.63) is 15.9 Å². The number of halogens is 1. The van der Waals surface area contributed by atoms with Gasteiger partial charge < -0.3 is 10.1 Å². The van der Waals surface area contributed by atoms with Crippen LogP contribution in [-0.4, -0.2) is 35.6 Å². The van der Waals surface area contributed by atoms with Gasteiger partial charge in [0.1, 0.15) is 0 Å². The van der Waals surface area contributed by atoms with Crippen LogP contribution in [0.1, 0.15) is 31.7 Å². The van der Waals surface area contributed by atoms with E-state index in [2.05, 4.69) is 40.2 Å². The van der Waals surface area contributed by atoms with Crippen molar-refractivity contribution in [1.82, 2.24) is 15.1 Å². The Labute approximate surface area is 124 Å². The molecule has 1 atom stereocenters. The van der Waals surface area contributed by atoms with Gasteiger partial charge in [-0.3, -0.25) is 4.68 Å². The lowest BCUT2D eigenvalue weighted by Crippen LogP contribution is -2.40. The third-order valence-corrected chi connectivity index (χ3v) is 4.91. The number of hydrogen-bond acceptors (Lipinski definition) is 3. The zero-order valence-electron chi connectivity index (χ0n) is 12.3. The molecule has 1 saturated heterocycles. The number of aryl methyl sites for hydroxylation is 2. The van der Waals surface area contributed by atoms with Crippen LogP contribution < -0.4 is 5.32 Å². The van der Waals surface area contributed by atoms with Gasteiger partial charge in [0.25, 0.3) is 0 Å². The van der Waals surface area contributed by atoms with Gasteiger partial charge in [-0.1, -0.05) is 13.8 Å². The van der Waals surface area contributed by atoms with E-state index in [1.54, 1.807) is 0 Å². The number of nitrogens with zero attached hydrogens (tertiary/aromatic N) is 2. The Hall–Kier alpha value is -0.390. The summed E-state index contributed by atoms with van der Waals surface area (Å²) < 4.78 is 8.81. The van der Waals surface area contributed by atoms with Crippen molar-refractivity contribution in [2.24, 2.45) is 12.5 Å². The lowest BCUT2D eigenvalue weighted by molar-refractivity contribution is 0.146. The molecule has 19 heavy (non-hydrogen) atoms. The van der Waals surface area contributed by atoms with Gasteiger partial charge in [0.2, 0.25) is 0 Å². The van der Waals surface area contributed by atoms with Crippen LogP contribution in [0.5, 0.6) is 0 Å². The molecule has 1 fully saturated rings. The van der Waals surface area contributed by atoms with E-state index in [1.807, 2.05) is 18.7 Å². The predicted molar refractivity (Wildman–Crippen MR) is 80.4 cm³/mol. The van der Waals surface area contributed by atoms with Crippen LogP contribution in [0.2, 0.25) is 0 Å². The molecule has 0 bridgehead atoms. The Bertz CT molecular complexity index is 436. The Balaban J connectivity index is 2.16. The van der Waals surface area contributed by atoms with Gasteiger partial charge in [-0.15, -0.1) is 0 Å². The summed E-state index contributed by atoms with van der Waals surface area (Å²) in [6.45, 7) is 9.12. The fourth-order valence-corrected chi connectivity index (χ4v) is 3.11. The molecule has 1 unspecified atom stereocenters. The van der Waals surface area contributed by atoms with Crippen molar-refractivity contribution in [2.45, 2.75) is 39.7 Å². The van der Waals surface area contributed by atoms with Crippen molar-refractivity contribution in [2.75, 3.05) is 19.8 Å². The molecule has 0 aliphatic carbocycles. The minimum Gasteiger partial charge on any atom is -0.381 e. The van der Waals surface area contributed by atoms with Crippen molar-refractivity contribution in [3.8, 4) is 0 Å². The molecule has 2 heterocycles. The maximum atomic E-state index is 5.67. The van der Waals surface area contributed by atoms with Gasteiger partial charge in [-0.2, -0.15) is 5.10 Å². The molecule has 0 spiro atoms. The topological polar surface area (TPSA) is 39.1 Å². The molecule has 0 amide bonds. The molecule has 1 aliphatic rings. The van der Waals surface area contributed by atoms with E-state index < -0.39 is 0 Å². The Kier molecular flexibility index (Phi) is 4.69. The summed E-state index contributed by atoms with van der Waals surface area (Å²) in [5.41, 5.74) is 2.53. The smallest absolute Gasteiger partial charge is 0.0738 e. The van der Waals surface area contributed by atoms with Crippen LogP contribution in [0.15, 0.2) is 4.47 Å². The molecule has 5 heteroatoms. The van der Waals surface area contributed by atoms with Crippen LogP contribution in [0, 0.1) is 12.3 Å². The average molecular weight is 330 g/mol. The number of ether oxygens (including phenoxy) is 1. The molecule has 0 radical (unpaired) electrons. The van der Waals surface area contributed by atoms with Crippen molar-refractivity contribution >= 4 is 15.9 Å². The summed E-state index contributed by atoms with van der Waals surface area (Å²) in [4.78, 5) is 0. The van der Waals surface area contributed by atoms with Crippen LogP contribution in [-0.2, 0) is 18.2 Å². The quantitative estimate of drug-likeness (QED) is 0.901. The summed E-state index contributed by atoms with van der Waals surface area (Å²) in [6, 6.07) is 0.509. The SMILES string of the molecule is Cc1nn(C)c(CC2(CNC(C)C)CCOC2)c1Br. The number of hydrogen-bond donors (Lipinski definition) is 1. The van der Waals surface area contributed by atoms with Gasteiger partial charge >= 0.3 is 0 Å². The highest BCUT2D eigenvalue weighted by molar-refractivity contribution is 9.10. The molecular formula is C14H24BrN3O. The Morgan fingerprint density at radius 2 is 2.26 bits per heavy atom. The van der Waals surface area contributed by atoms with Crippen LogP contribution >= 0.6 is 15.9 Å². The summed E-state index contributed by atoms with van der Waals surface area (Å²) >= 11 is 3.67. The number of aromatic nitrogens is 2. The zero-order valence-corrected chi connectivity index (χ0v) is 13.9. The number of rotatable bonds is 5. The van der Waals surface area contributed by atoms with E-state index in [0.717, 1.165) is 42.8 Å². The maximum absolute atomic E-state index is 5.67. The molecular weight excluding hydrogens is 306 g/mol. The highest BCUT2D eigenvalue weighted by Crippen LogP contribution is 2.35. The zero-order chi connectivity index (χ0) is 14.0. The molecule has 1 N–H and O–H groups in total. The van der Waals surface area contributed by atoms with Crippen LogP contribution in [0.3, 0.4) is 0 Å². The Morgan fingerprint density at radius 1 is 1.53 bits per heavy atom. The first kappa shape index (κ1) is 15.0. The lowest BCUT2D eigenvalue weighted by Gasteiger charge is -2.29. The monoisotopic (exact) mass is 329 g/mol. The largest absolute Gasteiger partial charge is 0.381 e. The minimum absolute atomic E-state index is 0.201. The van der Waals surface area contributed by atoms with E-state index in [4.69, 9.17) is 4.74 Å². The first-order valence-electron chi connectivity index (χ1n) is 6.93. The average Bonchev–Trinajstić information content (AvgIpc) is 2.89. The second-order valence-corrected chi connectivity index (χ2v) is 6.78. The second kappa shape index (κ2) is 5.94. The molecule has 4 nitrogen and oxygen atoms in total. The van der Waals surface area contributed by atoms with E-state index in [-0.39, 0.29) is 5.41 Å². The van der Waals surface area contributed by atoms with Gasteiger partial charge in [-0.05, 0) is 35.7 Å². The molecule has 0 saturated carbocycles. The standard InChI is InChI=1S/C14H24BrN3O/c1-10(2)16-8-14(5-6-19-9-14)7-12-13(15)11(3)17-18(12)4/h10,16H,5-9H2,1-4H3.